The van der Waals surface area contributed by atoms with Crippen LogP contribution in [0.3, 0.4) is 0 Å². The second kappa shape index (κ2) is 15.6. The Kier molecular flexibility index (Phi) is 11.6. The summed E-state index contributed by atoms with van der Waals surface area (Å²) in [5.74, 6) is -0.648. The second-order valence-corrected chi connectivity index (χ2v) is 12.9. The summed E-state index contributed by atoms with van der Waals surface area (Å²) in [6, 6.07) is 26.0. The molecule has 1 aliphatic heterocycles. The van der Waals surface area contributed by atoms with E-state index in [4.69, 9.17) is 5.73 Å². The molecule has 1 heterocycles. The smallest absolute Gasteiger partial charge is 0.246 e. The Morgan fingerprint density at radius 3 is 2.18 bits per heavy atom. The van der Waals surface area contributed by atoms with E-state index in [2.05, 4.69) is 10.6 Å². The van der Waals surface area contributed by atoms with Crippen molar-refractivity contribution in [2.24, 2.45) is 11.1 Å². The van der Waals surface area contributed by atoms with Gasteiger partial charge in [-0.3, -0.25) is 19.2 Å². The van der Waals surface area contributed by atoms with Gasteiger partial charge in [-0.15, -0.1) is 0 Å². The standard InChI is InChI=1S/C35H42N4O4S/c1-35(2)21-31(40)38-29(24-44-23-26-11-5-3-6-12-26)33(42)39(30(32(36)41)15-9-10-20-37-34(35)43)22-25-16-18-28(19-17-25)27-13-7-4-8-14-27/h3-8,11-14,16-19,29-30H,9-10,15,20-24H2,1-2H3,(H2,36,41)(H,37,43)(H,38,40). The van der Waals surface area contributed by atoms with E-state index in [0.717, 1.165) is 22.3 Å². The number of hydrogen-bond acceptors (Lipinski definition) is 5. The lowest BCUT2D eigenvalue weighted by Crippen LogP contribution is -2.56. The maximum absolute atomic E-state index is 14.3. The Morgan fingerprint density at radius 1 is 0.886 bits per heavy atom. The van der Waals surface area contributed by atoms with Crippen LogP contribution in [0.1, 0.15) is 50.7 Å². The third-order valence-electron chi connectivity index (χ3n) is 7.84. The number of nitrogens with one attached hydrogen (secondary N) is 2. The number of nitrogens with zero attached hydrogens (tertiary/aromatic N) is 1. The molecular weight excluding hydrogens is 572 g/mol. The Balaban J connectivity index is 1.63. The molecule has 1 fully saturated rings. The van der Waals surface area contributed by atoms with Crippen molar-refractivity contribution in [3.63, 3.8) is 0 Å². The lowest BCUT2D eigenvalue weighted by molar-refractivity contribution is -0.143. The largest absolute Gasteiger partial charge is 0.368 e. The number of primary amides is 1. The number of amides is 4. The molecule has 2 unspecified atom stereocenters. The first-order valence-electron chi connectivity index (χ1n) is 15.1. The normalized spacial score (nSPS) is 19.9. The predicted molar refractivity (Wildman–Crippen MR) is 175 cm³/mol. The van der Waals surface area contributed by atoms with E-state index in [1.807, 2.05) is 84.9 Å². The molecule has 4 N–H and O–H groups in total. The quantitative estimate of drug-likeness (QED) is 0.341. The van der Waals surface area contributed by atoms with Crippen molar-refractivity contribution >= 4 is 35.4 Å². The highest BCUT2D eigenvalue weighted by Crippen LogP contribution is 2.24. The van der Waals surface area contributed by atoms with Gasteiger partial charge in [0.25, 0.3) is 0 Å². The molecular formula is C35H42N4O4S. The van der Waals surface area contributed by atoms with E-state index >= 15 is 0 Å². The molecule has 4 amide bonds. The first kappa shape index (κ1) is 32.8. The van der Waals surface area contributed by atoms with Gasteiger partial charge < -0.3 is 21.3 Å². The average Bonchev–Trinajstić information content (AvgIpc) is 3.01. The van der Waals surface area contributed by atoms with E-state index in [1.54, 1.807) is 13.8 Å². The first-order chi connectivity index (χ1) is 21.1. The zero-order valence-electron chi connectivity index (χ0n) is 25.5. The van der Waals surface area contributed by atoms with Crippen molar-refractivity contribution in [2.45, 2.75) is 63.9 Å². The predicted octanol–water partition coefficient (Wildman–Crippen LogP) is 4.67. The SMILES string of the molecule is CC1(C)CC(=O)NC(CSCc2ccccc2)C(=O)N(Cc2ccc(-c3ccccc3)cc2)C(C(N)=O)CCCCNC1=O. The minimum atomic E-state index is -0.949. The molecule has 0 spiro atoms. The summed E-state index contributed by atoms with van der Waals surface area (Å²) in [6.07, 6.45) is 1.47. The number of thioether (sulfide) groups is 1. The van der Waals surface area contributed by atoms with Crippen molar-refractivity contribution in [1.82, 2.24) is 15.5 Å². The molecule has 8 nitrogen and oxygen atoms in total. The number of benzene rings is 3. The molecule has 2 atom stereocenters. The zero-order valence-corrected chi connectivity index (χ0v) is 26.3. The van der Waals surface area contributed by atoms with Crippen LogP contribution in [-0.2, 0) is 31.5 Å². The van der Waals surface area contributed by atoms with E-state index in [0.29, 0.717) is 37.3 Å². The fourth-order valence-electron chi connectivity index (χ4n) is 5.30. The summed E-state index contributed by atoms with van der Waals surface area (Å²) in [5.41, 5.74) is 9.04. The lowest BCUT2D eigenvalue weighted by atomic mass is 9.87. The number of carbonyl (C=O) groups excluding carboxylic acids is 4. The molecule has 1 aliphatic rings. The van der Waals surface area contributed by atoms with Crippen molar-refractivity contribution in [2.75, 3.05) is 12.3 Å². The van der Waals surface area contributed by atoms with Gasteiger partial charge in [0.1, 0.15) is 12.1 Å². The first-order valence-corrected chi connectivity index (χ1v) is 16.2. The van der Waals surface area contributed by atoms with Crippen LogP contribution in [0.4, 0.5) is 0 Å². The number of hydrogen-bond donors (Lipinski definition) is 3. The third kappa shape index (κ3) is 9.19. The second-order valence-electron chi connectivity index (χ2n) is 11.9. The molecule has 3 aromatic carbocycles. The molecule has 9 heteroatoms. The van der Waals surface area contributed by atoms with Crippen LogP contribution in [0, 0.1) is 5.41 Å². The van der Waals surface area contributed by atoms with Gasteiger partial charge in [-0.2, -0.15) is 11.8 Å². The van der Waals surface area contributed by atoms with Crippen LogP contribution in [0.5, 0.6) is 0 Å². The van der Waals surface area contributed by atoms with E-state index < -0.39 is 29.3 Å². The van der Waals surface area contributed by atoms with Gasteiger partial charge in [-0.1, -0.05) is 98.8 Å². The van der Waals surface area contributed by atoms with Gasteiger partial charge in [0.05, 0.1) is 5.41 Å². The van der Waals surface area contributed by atoms with Crippen molar-refractivity contribution < 1.29 is 19.2 Å². The Bertz CT molecular complexity index is 1410. The van der Waals surface area contributed by atoms with Gasteiger partial charge in [-0.25, -0.2) is 0 Å². The minimum Gasteiger partial charge on any atom is -0.368 e. The monoisotopic (exact) mass is 614 g/mol. The molecule has 3 aromatic rings. The Hall–Kier alpha value is -4.11. The highest BCUT2D eigenvalue weighted by Gasteiger charge is 2.36. The summed E-state index contributed by atoms with van der Waals surface area (Å²) >= 11 is 1.52. The van der Waals surface area contributed by atoms with Crippen LogP contribution >= 0.6 is 11.8 Å². The molecule has 0 radical (unpaired) electrons. The van der Waals surface area contributed by atoms with Gasteiger partial charge in [0.15, 0.2) is 0 Å². The average molecular weight is 615 g/mol. The molecule has 44 heavy (non-hydrogen) atoms. The summed E-state index contributed by atoms with van der Waals surface area (Å²) in [4.78, 5) is 54.8. The lowest BCUT2D eigenvalue weighted by Gasteiger charge is -2.34. The summed E-state index contributed by atoms with van der Waals surface area (Å²) in [7, 11) is 0. The fourth-order valence-corrected chi connectivity index (χ4v) is 6.31. The van der Waals surface area contributed by atoms with E-state index in [9.17, 15) is 19.2 Å². The summed E-state index contributed by atoms with van der Waals surface area (Å²) in [5, 5.41) is 5.82. The van der Waals surface area contributed by atoms with Gasteiger partial charge in [0, 0.05) is 31.0 Å². The topological polar surface area (TPSA) is 122 Å². The number of carbonyl (C=O) groups is 4. The molecule has 0 aromatic heterocycles. The maximum atomic E-state index is 14.3. The molecule has 232 valence electrons. The van der Waals surface area contributed by atoms with Crippen LogP contribution in [0.25, 0.3) is 11.1 Å². The van der Waals surface area contributed by atoms with Crippen molar-refractivity contribution in [3.8, 4) is 11.1 Å². The number of rotatable bonds is 8. The third-order valence-corrected chi connectivity index (χ3v) is 8.94. The highest BCUT2D eigenvalue weighted by atomic mass is 32.2. The summed E-state index contributed by atoms with van der Waals surface area (Å²) in [6.45, 7) is 4.02. The molecule has 1 saturated heterocycles. The summed E-state index contributed by atoms with van der Waals surface area (Å²) < 4.78 is 0. The molecule has 0 aliphatic carbocycles. The molecule has 0 bridgehead atoms. The Morgan fingerprint density at radius 2 is 1.52 bits per heavy atom. The minimum absolute atomic E-state index is 0.0772. The van der Waals surface area contributed by atoms with Crippen LogP contribution in [0.15, 0.2) is 84.9 Å². The van der Waals surface area contributed by atoms with Gasteiger partial charge in [0.2, 0.25) is 23.6 Å². The van der Waals surface area contributed by atoms with Crippen LogP contribution in [0.2, 0.25) is 0 Å². The van der Waals surface area contributed by atoms with E-state index in [-0.39, 0.29) is 24.8 Å². The Labute approximate surface area is 264 Å². The zero-order chi connectivity index (χ0) is 31.5. The molecule has 4 rings (SSSR count). The van der Waals surface area contributed by atoms with Crippen molar-refractivity contribution in [1.29, 1.82) is 0 Å². The highest BCUT2D eigenvalue weighted by molar-refractivity contribution is 7.98. The molecule has 0 saturated carbocycles. The van der Waals surface area contributed by atoms with Gasteiger partial charge >= 0.3 is 0 Å². The van der Waals surface area contributed by atoms with Crippen LogP contribution < -0.4 is 16.4 Å². The van der Waals surface area contributed by atoms with Gasteiger partial charge in [-0.05, 0) is 41.5 Å². The van der Waals surface area contributed by atoms with Crippen LogP contribution in [-0.4, -0.2) is 52.9 Å². The number of nitrogens with two attached hydrogens (primary N) is 1. The van der Waals surface area contributed by atoms with Crippen molar-refractivity contribution in [3.05, 3.63) is 96.1 Å². The van der Waals surface area contributed by atoms with E-state index in [1.165, 1.54) is 16.7 Å². The fraction of sp³-hybridized carbons (Fsp3) is 0.371. The maximum Gasteiger partial charge on any atom is 0.246 e.